The minimum atomic E-state index is -4.70. The Bertz CT molecular complexity index is 1270. The molecule has 6 nitrogen and oxygen atoms in total. The van der Waals surface area contributed by atoms with Gasteiger partial charge in [0.25, 0.3) is 0 Å². The number of benzene rings is 2. The van der Waals surface area contributed by atoms with Crippen LogP contribution in [0.25, 0.3) is 0 Å². The maximum absolute atomic E-state index is 13.4. The number of carbonyl (C=O) groups excluding carboxylic acids is 1. The van der Waals surface area contributed by atoms with Gasteiger partial charge >= 0.3 is 6.18 Å². The summed E-state index contributed by atoms with van der Waals surface area (Å²) in [4.78, 5) is 14.3. The molecule has 3 aromatic rings. The van der Waals surface area contributed by atoms with Crippen LogP contribution in [0.5, 0.6) is 0 Å². The van der Waals surface area contributed by atoms with Gasteiger partial charge in [0, 0.05) is 32.0 Å². The lowest BCUT2D eigenvalue weighted by atomic mass is 10.2. The van der Waals surface area contributed by atoms with Crippen molar-refractivity contribution >= 4 is 15.9 Å². The van der Waals surface area contributed by atoms with Crippen molar-refractivity contribution in [2.75, 3.05) is 13.1 Å². The summed E-state index contributed by atoms with van der Waals surface area (Å²) in [5, 5.41) is 0. The van der Waals surface area contributed by atoms with Gasteiger partial charge < -0.3 is 9.47 Å². The van der Waals surface area contributed by atoms with E-state index in [-0.39, 0.29) is 19.6 Å². The van der Waals surface area contributed by atoms with Gasteiger partial charge in [0.15, 0.2) is 0 Å². The van der Waals surface area contributed by atoms with Gasteiger partial charge in [-0.25, -0.2) is 8.42 Å². The molecule has 2 aromatic carbocycles. The predicted molar refractivity (Wildman–Crippen MR) is 127 cm³/mol. The molecule has 0 radical (unpaired) electrons. The zero-order valence-corrected chi connectivity index (χ0v) is 20.0. The maximum Gasteiger partial charge on any atom is 0.416 e. The highest BCUT2D eigenvalue weighted by atomic mass is 32.2. The van der Waals surface area contributed by atoms with Crippen LogP contribution in [-0.2, 0) is 41.1 Å². The molecule has 0 N–H and O–H groups in total. The molecular weight excluding hydrogens is 479 g/mol. The molecule has 186 valence electrons. The van der Waals surface area contributed by atoms with Crippen LogP contribution >= 0.6 is 0 Å². The lowest BCUT2D eigenvalue weighted by Gasteiger charge is -2.27. The Balaban J connectivity index is 1.90. The lowest BCUT2D eigenvalue weighted by Crippen LogP contribution is -2.42. The summed E-state index contributed by atoms with van der Waals surface area (Å²) < 4.78 is 68.6. The number of alkyl halides is 3. The van der Waals surface area contributed by atoms with Gasteiger partial charge in [-0.1, -0.05) is 42.5 Å². The van der Waals surface area contributed by atoms with Crippen LogP contribution < -0.4 is 0 Å². The van der Waals surface area contributed by atoms with E-state index in [2.05, 4.69) is 6.58 Å². The molecule has 0 saturated carbocycles. The normalized spacial score (nSPS) is 12.0. The van der Waals surface area contributed by atoms with Crippen LogP contribution in [0.3, 0.4) is 0 Å². The number of amides is 1. The molecule has 0 fully saturated rings. The van der Waals surface area contributed by atoms with Crippen molar-refractivity contribution in [1.29, 1.82) is 0 Å². The molecule has 0 saturated heterocycles. The lowest BCUT2D eigenvalue weighted by molar-refractivity contribution is -0.137. The number of halogens is 3. The van der Waals surface area contributed by atoms with E-state index in [1.54, 1.807) is 0 Å². The highest BCUT2D eigenvalue weighted by Crippen LogP contribution is 2.31. The molecule has 35 heavy (non-hydrogen) atoms. The third-order valence-corrected chi connectivity index (χ3v) is 7.22. The van der Waals surface area contributed by atoms with Crippen molar-refractivity contribution in [1.82, 2.24) is 13.8 Å². The molecule has 0 atom stereocenters. The fourth-order valence-electron chi connectivity index (χ4n) is 3.52. The number of carbonyl (C=O) groups is 1. The number of aromatic nitrogens is 1. The van der Waals surface area contributed by atoms with Crippen LogP contribution in [0.15, 0.2) is 90.5 Å². The molecule has 0 aliphatic heterocycles. The molecule has 1 heterocycles. The number of rotatable bonds is 10. The Morgan fingerprint density at radius 3 is 2.34 bits per heavy atom. The molecule has 0 unspecified atom stereocenters. The van der Waals surface area contributed by atoms with Crippen molar-refractivity contribution in [3.63, 3.8) is 0 Å². The number of aryl methyl sites for hydroxylation is 1. The summed E-state index contributed by atoms with van der Waals surface area (Å²) in [6.07, 6.45) is -1.58. The predicted octanol–water partition coefficient (Wildman–Crippen LogP) is 4.45. The molecule has 0 bridgehead atoms. The largest absolute Gasteiger partial charge is 0.416 e. The fraction of sp³-hybridized carbons (Fsp3) is 0.240. The molecule has 1 aromatic heterocycles. The highest BCUT2D eigenvalue weighted by Gasteiger charge is 2.33. The Kier molecular flexibility index (Phi) is 8.18. The second-order valence-corrected chi connectivity index (χ2v) is 9.90. The zero-order valence-electron chi connectivity index (χ0n) is 19.1. The third-order valence-electron chi connectivity index (χ3n) is 5.42. The van der Waals surface area contributed by atoms with Crippen LogP contribution in [-0.4, -0.2) is 41.2 Å². The van der Waals surface area contributed by atoms with Crippen molar-refractivity contribution in [2.45, 2.75) is 24.2 Å². The Hall–Kier alpha value is -3.37. The molecule has 0 spiro atoms. The summed E-state index contributed by atoms with van der Waals surface area (Å²) in [5.41, 5.74) is 0.606. The standard InChI is InChI=1S/C25H26F3N3O3S/c1-3-14-31(35(33,34)23-13-7-11-21(16-23)25(26,27)28)19-24(32)30(17-20-9-5-4-6-10-20)18-22-12-8-15-29(22)2/h3-13,15-16H,1,14,17-19H2,2H3. The second-order valence-electron chi connectivity index (χ2n) is 7.96. The first-order valence-corrected chi connectivity index (χ1v) is 12.2. The monoisotopic (exact) mass is 505 g/mol. The van der Waals surface area contributed by atoms with E-state index in [1.165, 1.54) is 11.0 Å². The number of hydrogen-bond donors (Lipinski definition) is 0. The van der Waals surface area contributed by atoms with E-state index in [0.29, 0.717) is 6.07 Å². The number of hydrogen-bond acceptors (Lipinski definition) is 3. The molecule has 0 aliphatic rings. The average molecular weight is 506 g/mol. The van der Waals surface area contributed by atoms with Crippen molar-refractivity contribution in [3.05, 3.63) is 102 Å². The van der Waals surface area contributed by atoms with Gasteiger partial charge in [-0.2, -0.15) is 17.5 Å². The summed E-state index contributed by atoms with van der Waals surface area (Å²) in [7, 11) is -2.57. The van der Waals surface area contributed by atoms with Crippen LogP contribution in [0.1, 0.15) is 16.8 Å². The highest BCUT2D eigenvalue weighted by molar-refractivity contribution is 7.89. The SMILES string of the molecule is C=CCN(CC(=O)N(Cc1ccccc1)Cc1cccn1C)S(=O)(=O)c1cccc(C(F)(F)F)c1. The minimum absolute atomic E-state index is 0.225. The topological polar surface area (TPSA) is 62.6 Å². The van der Waals surface area contributed by atoms with Gasteiger partial charge in [0.2, 0.25) is 15.9 Å². The maximum atomic E-state index is 13.4. The number of sulfonamides is 1. The number of nitrogens with zero attached hydrogens (tertiary/aromatic N) is 3. The average Bonchev–Trinajstić information content (AvgIpc) is 3.22. The Labute approximate surface area is 202 Å². The van der Waals surface area contributed by atoms with Gasteiger partial charge in [-0.05, 0) is 35.9 Å². The van der Waals surface area contributed by atoms with Gasteiger partial charge in [-0.3, -0.25) is 4.79 Å². The van der Waals surface area contributed by atoms with E-state index in [0.717, 1.165) is 33.8 Å². The van der Waals surface area contributed by atoms with E-state index in [4.69, 9.17) is 0 Å². The first-order valence-electron chi connectivity index (χ1n) is 10.7. The summed E-state index contributed by atoms with van der Waals surface area (Å²) in [5.74, 6) is -0.493. The smallest absolute Gasteiger partial charge is 0.353 e. The molecule has 0 aliphatic carbocycles. The third kappa shape index (κ3) is 6.61. The summed E-state index contributed by atoms with van der Waals surface area (Å²) in [6, 6.07) is 16.4. The molecule has 10 heteroatoms. The minimum Gasteiger partial charge on any atom is -0.353 e. The van der Waals surface area contributed by atoms with Gasteiger partial charge in [0.1, 0.15) is 0 Å². The molecule has 1 amide bonds. The van der Waals surface area contributed by atoms with Gasteiger partial charge in [-0.15, -0.1) is 6.58 Å². The summed E-state index contributed by atoms with van der Waals surface area (Å²) in [6.45, 7) is 3.20. The Morgan fingerprint density at radius 2 is 1.74 bits per heavy atom. The van der Waals surface area contributed by atoms with Crippen molar-refractivity contribution in [2.24, 2.45) is 7.05 Å². The van der Waals surface area contributed by atoms with Crippen LogP contribution in [0.2, 0.25) is 0 Å². The zero-order chi connectivity index (χ0) is 25.6. The summed E-state index contributed by atoms with van der Waals surface area (Å²) >= 11 is 0. The second kappa shape index (κ2) is 10.9. The van der Waals surface area contributed by atoms with Crippen LogP contribution in [0, 0.1) is 0 Å². The van der Waals surface area contributed by atoms with Crippen LogP contribution in [0.4, 0.5) is 13.2 Å². The van der Waals surface area contributed by atoms with Crippen molar-refractivity contribution < 1.29 is 26.4 Å². The Morgan fingerprint density at radius 1 is 1.03 bits per heavy atom. The first kappa shape index (κ1) is 26.2. The first-order chi connectivity index (χ1) is 16.5. The van der Waals surface area contributed by atoms with Gasteiger partial charge in [0.05, 0.1) is 23.5 Å². The van der Waals surface area contributed by atoms with Crippen molar-refractivity contribution in [3.8, 4) is 0 Å². The molecular formula is C25H26F3N3O3S. The van der Waals surface area contributed by atoms with E-state index in [9.17, 15) is 26.4 Å². The quantitative estimate of drug-likeness (QED) is 0.383. The van der Waals surface area contributed by atoms with E-state index < -0.39 is 39.1 Å². The van der Waals surface area contributed by atoms with E-state index in [1.807, 2.05) is 60.3 Å². The molecule has 3 rings (SSSR count). The van der Waals surface area contributed by atoms with E-state index >= 15 is 0 Å². The fourth-order valence-corrected chi connectivity index (χ4v) is 4.92.